The monoisotopic (exact) mass is 316 g/mol. The van der Waals surface area contributed by atoms with Gasteiger partial charge in [-0.05, 0) is 18.6 Å². The molecule has 0 aliphatic carbocycles. The van der Waals surface area contributed by atoms with E-state index in [1.165, 1.54) is 16.2 Å². The van der Waals surface area contributed by atoms with Crippen LogP contribution in [0.15, 0.2) is 24.3 Å². The van der Waals surface area contributed by atoms with Gasteiger partial charge in [-0.25, -0.2) is 4.98 Å². The molecule has 1 atom stereocenters. The van der Waals surface area contributed by atoms with Gasteiger partial charge in [-0.3, -0.25) is 4.79 Å². The van der Waals surface area contributed by atoms with E-state index in [0.29, 0.717) is 10.6 Å². The summed E-state index contributed by atoms with van der Waals surface area (Å²) in [6.45, 7) is -0.558. The van der Waals surface area contributed by atoms with Gasteiger partial charge in [0.25, 0.3) is 0 Å². The van der Waals surface area contributed by atoms with Crippen molar-refractivity contribution in [3.05, 3.63) is 24.3 Å². The summed E-state index contributed by atoms with van der Waals surface area (Å²) >= 11 is 1.27. The van der Waals surface area contributed by atoms with Crippen LogP contribution in [0.5, 0.6) is 0 Å². The molecule has 1 aliphatic heterocycles. The summed E-state index contributed by atoms with van der Waals surface area (Å²) in [5, 5.41) is 9.47. The first kappa shape index (κ1) is 14.1. The predicted octanol–water partition coefficient (Wildman–Crippen LogP) is 3.14. The minimum Gasteiger partial charge on any atom is -0.481 e. The number of alkyl halides is 3. The number of anilines is 1. The number of hydrogen-bond acceptors (Lipinski definition) is 4. The number of benzene rings is 1. The zero-order valence-corrected chi connectivity index (χ0v) is 11.5. The third kappa shape index (κ3) is 2.14. The molecule has 0 amide bonds. The molecular weight excluding hydrogens is 305 g/mol. The highest BCUT2D eigenvalue weighted by Crippen LogP contribution is 2.47. The molecular formula is C13H11F3N2O2S. The Morgan fingerprint density at radius 1 is 1.38 bits per heavy atom. The van der Waals surface area contributed by atoms with Crippen LogP contribution in [-0.4, -0.2) is 35.3 Å². The van der Waals surface area contributed by atoms with Crippen LogP contribution in [0.25, 0.3) is 10.2 Å². The van der Waals surface area contributed by atoms with E-state index in [1.807, 2.05) is 12.1 Å². The Labute approximate surface area is 121 Å². The second kappa shape index (κ2) is 4.59. The topological polar surface area (TPSA) is 53.4 Å². The maximum absolute atomic E-state index is 13.1. The lowest BCUT2D eigenvalue weighted by Gasteiger charge is -2.27. The number of para-hydroxylation sites is 1. The van der Waals surface area contributed by atoms with Gasteiger partial charge in [0.2, 0.25) is 0 Å². The molecule has 0 bridgehead atoms. The van der Waals surface area contributed by atoms with Crippen LogP contribution in [0.2, 0.25) is 0 Å². The maximum atomic E-state index is 13.1. The van der Waals surface area contributed by atoms with Gasteiger partial charge in [-0.15, -0.1) is 0 Å². The van der Waals surface area contributed by atoms with Crippen molar-refractivity contribution in [2.75, 3.05) is 18.0 Å². The Kier molecular flexibility index (Phi) is 3.09. The number of carbonyl (C=O) groups is 1. The zero-order valence-electron chi connectivity index (χ0n) is 10.7. The predicted molar refractivity (Wildman–Crippen MR) is 72.6 cm³/mol. The molecule has 1 N–H and O–H groups in total. The van der Waals surface area contributed by atoms with E-state index < -0.39 is 30.5 Å². The van der Waals surface area contributed by atoms with E-state index in [2.05, 4.69) is 4.98 Å². The average Bonchev–Trinajstić information content (AvgIpc) is 3.02. The Hall–Kier alpha value is -1.83. The van der Waals surface area contributed by atoms with Crippen molar-refractivity contribution in [1.29, 1.82) is 0 Å². The van der Waals surface area contributed by atoms with E-state index in [-0.39, 0.29) is 6.54 Å². The van der Waals surface area contributed by atoms with Gasteiger partial charge in [-0.1, -0.05) is 23.5 Å². The molecule has 1 aliphatic rings. The van der Waals surface area contributed by atoms with Gasteiger partial charge in [0.15, 0.2) is 10.5 Å². The normalized spacial score (nSPS) is 22.9. The lowest BCUT2D eigenvalue weighted by molar-refractivity contribution is -0.225. The van der Waals surface area contributed by atoms with Crippen LogP contribution in [0.4, 0.5) is 18.3 Å². The van der Waals surface area contributed by atoms with E-state index >= 15 is 0 Å². The maximum Gasteiger partial charge on any atom is 0.406 e. The molecule has 1 saturated heterocycles. The summed E-state index contributed by atoms with van der Waals surface area (Å²) in [6, 6.07) is 7.24. The third-order valence-electron chi connectivity index (χ3n) is 3.77. The number of carboxylic acid groups (broad SMARTS) is 1. The smallest absolute Gasteiger partial charge is 0.406 e. The van der Waals surface area contributed by atoms with Gasteiger partial charge < -0.3 is 10.0 Å². The highest BCUT2D eigenvalue weighted by Gasteiger charge is 2.64. The second-order valence-electron chi connectivity index (χ2n) is 5.02. The minimum atomic E-state index is -4.77. The summed E-state index contributed by atoms with van der Waals surface area (Å²) in [6.07, 6.45) is -5.23. The lowest BCUT2D eigenvalue weighted by Crippen LogP contribution is -2.47. The largest absolute Gasteiger partial charge is 0.481 e. The van der Waals surface area contributed by atoms with Gasteiger partial charge in [0.05, 0.1) is 10.2 Å². The molecule has 0 radical (unpaired) electrons. The average molecular weight is 316 g/mol. The summed E-state index contributed by atoms with van der Waals surface area (Å²) in [5.41, 5.74) is -2.00. The van der Waals surface area contributed by atoms with Crippen molar-refractivity contribution < 1.29 is 23.1 Å². The van der Waals surface area contributed by atoms with Gasteiger partial charge in [0.1, 0.15) is 0 Å². The van der Waals surface area contributed by atoms with Crippen LogP contribution in [0.1, 0.15) is 6.42 Å². The van der Waals surface area contributed by atoms with E-state index in [0.717, 1.165) is 4.70 Å². The fourth-order valence-corrected chi connectivity index (χ4v) is 3.49. The van der Waals surface area contributed by atoms with Crippen LogP contribution in [-0.2, 0) is 4.79 Å². The van der Waals surface area contributed by atoms with Crippen molar-refractivity contribution in [3.8, 4) is 0 Å². The molecule has 8 heteroatoms. The Bertz CT molecular complexity index is 667. The van der Waals surface area contributed by atoms with E-state index in [9.17, 15) is 18.0 Å². The molecule has 2 aromatic rings. The molecule has 1 fully saturated rings. The second-order valence-corrected chi connectivity index (χ2v) is 6.03. The lowest BCUT2D eigenvalue weighted by atomic mass is 9.86. The molecule has 1 unspecified atom stereocenters. The minimum absolute atomic E-state index is 0.0334. The van der Waals surface area contributed by atoms with E-state index in [4.69, 9.17) is 5.11 Å². The Balaban J connectivity index is 1.94. The fraction of sp³-hybridized carbons (Fsp3) is 0.385. The van der Waals surface area contributed by atoms with Crippen molar-refractivity contribution in [3.63, 3.8) is 0 Å². The molecule has 2 heterocycles. The number of thiazole rings is 1. The van der Waals surface area contributed by atoms with Gasteiger partial charge in [-0.2, -0.15) is 13.2 Å². The first-order chi connectivity index (χ1) is 9.83. The number of carboxylic acids is 1. The summed E-state index contributed by atoms with van der Waals surface area (Å²) in [7, 11) is 0. The Morgan fingerprint density at radius 3 is 2.67 bits per heavy atom. The van der Waals surface area contributed by atoms with Crippen LogP contribution in [0.3, 0.4) is 0 Å². The number of rotatable bonds is 2. The number of halogens is 3. The number of fused-ring (bicyclic) bond motifs is 1. The summed E-state index contributed by atoms with van der Waals surface area (Å²) < 4.78 is 40.3. The Morgan fingerprint density at radius 2 is 2.10 bits per heavy atom. The van der Waals surface area contributed by atoms with Crippen LogP contribution < -0.4 is 4.90 Å². The first-order valence-corrected chi connectivity index (χ1v) is 7.06. The molecule has 1 aromatic heterocycles. The number of nitrogens with zero attached hydrogens (tertiary/aromatic N) is 2. The van der Waals surface area contributed by atoms with Crippen molar-refractivity contribution in [2.45, 2.75) is 12.6 Å². The molecule has 3 rings (SSSR count). The van der Waals surface area contributed by atoms with Crippen molar-refractivity contribution in [1.82, 2.24) is 4.98 Å². The molecule has 1 aromatic carbocycles. The molecule has 21 heavy (non-hydrogen) atoms. The number of aromatic nitrogens is 1. The number of aliphatic carboxylic acids is 1. The van der Waals surface area contributed by atoms with Crippen molar-refractivity contribution in [2.24, 2.45) is 5.41 Å². The number of hydrogen-bond donors (Lipinski definition) is 1. The molecule has 112 valence electrons. The quantitative estimate of drug-likeness (QED) is 0.925. The molecule has 0 saturated carbocycles. The van der Waals surface area contributed by atoms with Crippen LogP contribution in [0, 0.1) is 5.41 Å². The van der Waals surface area contributed by atoms with Gasteiger partial charge >= 0.3 is 12.1 Å². The SMILES string of the molecule is O=C(O)C1(C(F)(F)F)CCN(c2nc3ccccc3s2)C1. The highest BCUT2D eigenvalue weighted by molar-refractivity contribution is 7.22. The molecule has 0 spiro atoms. The first-order valence-electron chi connectivity index (χ1n) is 6.24. The third-order valence-corrected chi connectivity index (χ3v) is 4.87. The highest BCUT2D eigenvalue weighted by atomic mass is 32.1. The summed E-state index contributed by atoms with van der Waals surface area (Å²) in [4.78, 5) is 16.9. The van der Waals surface area contributed by atoms with Crippen LogP contribution >= 0.6 is 11.3 Å². The van der Waals surface area contributed by atoms with Gasteiger partial charge in [0, 0.05) is 13.1 Å². The van der Waals surface area contributed by atoms with Crippen molar-refractivity contribution >= 4 is 32.7 Å². The standard InChI is InChI=1S/C13H11F3N2O2S/c14-13(15,16)12(10(19)20)5-6-18(7-12)11-17-8-3-1-2-4-9(8)21-11/h1-4H,5-7H2,(H,19,20). The van der Waals surface area contributed by atoms with E-state index in [1.54, 1.807) is 12.1 Å². The zero-order chi connectivity index (χ0) is 15.3. The fourth-order valence-electron chi connectivity index (χ4n) is 2.50. The summed E-state index contributed by atoms with van der Waals surface area (Å²) in [5.74, 6) is -1.82. The molecule has 4 nitrogen and oxygen atoms in total.